The van der Waals surface area contributed by atoms with E-state index in [2.05, 4.69) is 19.2 Å². The predicted molar refractivity (Wildman–Crippen MR) is 64.8 cm³/mol. The third kappa shape index (κ3) is 3.21. The Morgan fingerprint density at radius 3 is 2.12 bits per heavy atom. The molecular weight excluding hydrogens is 200 g/mol. The number of hydrogen-bond donors (Lipinski definition) is 2. The summed E-state index contributed by atoms with van der Waals surface area (Å²) in [7, 11) is 0. The molecule has 1 atom stereocenters. The average Bonchev–Trinajstić information content (AvgIpc) is 3.03. The van der Waals surface area contributed by atoms with Gasteiger partial charge in [0.05, 0.1) is 6.04 Å². The van der Waals surface area contributed by atoms with Gasteiger partial charge in [0.25, 0.3) is 0 Å². The van der Waals surface area contributed by atoms with Crippen LogP contribution in [-0.4, -0.2) is 18.0 Å². The number of nitrogens with two attached hydrogens (primary N) is 1. The molecule has 2 aliphatic carbocycles. The molecule has 0 bridgehead atoms. The molecule has 0 spiro atoms. The van der Waals surface area contributed by atoms with Gasteiger partial charge in [0.1, 0.15) is 0 Å². The van der Waals surface area contributed by atoms with Gasteiger partial charge in [-0.2, -0.15) is 0 Å². The van der Waals surface area contributed by atoms with Crippen molar-refractivity contribution < 1.29 is 4.79 Å². The second-order valence-electron chi connectivity index (χ2n) is 5.95. The largest absolute Gasteiger partial charge is 0.351 e. The van der Waals surface area contributed by atoms with Crippen molar-refractivity contribution in [3.05, 3.63) is 0 Å². The topological polar surface area (TPSA) is 55.1 Å². The molecule has 16 heavy (non-hydrogen) atoms. The predicted octanol–water partition coefficient (Wildman–Crippen LogP) is 1.66. The van der Waals surface area contributed by atoms with E-state index in [4.69, 9.17) is 5.73 Å². The van der Waals surface area contributed by atoms with Crippen LogP contribution < -0.4 is 11.1 Å². The molecule has 3 N–H and O–H groups in total. The monoisotopic (exact) mass is 224 g/mol. The van der Waals surface area contributed by atoms with Gasteiger partial charge in [0.2, 0.25) is 5.91 Å². The molecule has 3 nitrogen and oxygen atoms in total. The van der Waals surface area contributed by atoms with E-state index < -0.39 is 0 Å². The highest BCUT2D eigenvalue weighted by molar-refractivity contribution is 5.81. The Kier molecular flexibility index (Phi) is 3.53. The van der Waals surface area contributed by atoms with Gasteiger partial charge in [-0.25, -0.2) is 0 Å². The third-order valence-electron chi connectivity index (χ3n) is 3.63. The number of amides is 1. The summed E-state index contributed by atoms with van der Waals surface area (Å²) in [5.41, 5.74) is 5.90. The van der Waals surface area contributed by atoms with Crippen molar-refractivity contribution >= 4 is 5.91 Å². The van der Waals surface area contributed by atoms with Crippen molar-refractivity contribution in [3.8, 4) is 0 Å². The minimum atomic E-state index is -0.319. The van der Waals surface area contributed by atoms with Crippen LogP contribution in [0.2, 0.25) is 0 Å². The minimum absolute atomic E-state index is 0.0671. The summed E-state index contributed by atoms with van der Waals surface area (Å²) in [5.74, 6) is 2.06. The maximum absolute atomic E-state index is 11.9. The number of carbonyl (C=O) groups is 1. The van der Waals surface area contributed by atoms with Gasteiger partial charge < -0.3 is 11.1 Å². The maximum Gasteiger partial charge on any atom is 0.237 e. The van der Waals surface area contributed by atoms with Gasteiger partial charge >= 0.3 is 0 Å². The van der Waals surface area contributed by atoms with E-state index in [1.807, 2.05) is 0 Å². The van der Waals surface area contributed by atoms with Gasteiger partial charge in [-0.15, -0.1) is 0 Å². The van der Waals surface area contributed by atoms with Gasteiger partial charge in [0.15, 0.2) is 0 Å². The van der Waals surface area contributed by atoms with Crippen LogP contribution in [0.25, 0.3) is 0 Å². The van der Waals surface area contributed by atoms with E-state index in [1.54, 1.807) is 0 Å². The van der Waals surface area contributed by atoms with Crippen LogP contribution in [0.15, 0.2) is 0 Å². The zero-order valence-corrected chi connectivity index (χ0v) is 10.4. The van der Waals surface area contributed by atoms with E-state index >= 15 is 0 Å². The number of nitrogens with one attached hydrogen (secondary N) is 1. The van der Waals surface area contributed by atoms with Crippen LogP contribution in [0.1, 0.15) is 46.0 Å². The first kappa shape index (κ1) is 11.9. The van der Waals surface area contributed by atoms with E-state index in [0.29, 0.717) is 12.0 Å². The van der Waals surface area contributed by atoms with Gasteiger partial charge in [-0.3, -0.25) is 4.79 Å². The Labute approximate surface area is 98.2 Å². The average molecular weight is 224 g/mol. The highest BCUT2D eigenvalue weighted by Crippen LogP contribution is 2.44. The molecule has 2 saturated carbocycles. The summed E-state index contributed by atoms with van der Waals surface area (Å²) in [5, 5.41) is 3.18. The molecule has 92 valence electrons. The lowest BCUT2D eigenvalue weighted by molar-refractivity contribution is -0.123. The normalized spacial score (nSPS) is 22.6. The smallest absolute Gasteiger partial charge is 0.237 e. The summed E-state index contributed by atoms with van der Waals surface area (Å²) in [4.78, 5) is 11.9. The standard InChI is InChI=1S/C13H24N2O/c1-8(2)7-11(14)13(16)15-12(9-3-4-9)10-5-6-10/h8-12H,3-7,14H2,1-2H3,(H,15,16)/t11-/m0/s1. The fourth-order valence-electron chi connectivity index (χ4n) is 2.42. The lowest BCUT2D eigenvalue weighted by Crippen LogP contribution is -2.47. The van der Waals surface area contributed by atoms with Crippen LogP contribution >= 0.6 is 0 Å². The quantitative estimate of drug-likeness (QED) is 0.721. The van der Waals surface area contributed by atoms with Gasteiger partial charge in [0, 0.05) is 6.04 Å². The van der Waals surface area contributed by atoms with Crippen molar-refractivity contribution in [1.82, 2.24) is 5.32 Å². The minimum Gasteiger partial charge on any atom is -0.351 e. The Morgan fingerprint density at radius 2 is 1.75 bits per heavy atom. The molecule has 0 unspecified atom stereocenters. The molecule has 1 amide bonds. The van der Waals surface area contributed by atoms with Crippen LogP contribution in [0, 0.1) is 17.8 Å². The van der Waals surface area contributed by atoms with Crippen molar-refractivity contribution in [3.63, 3.8) is 0 Å². The Morgan fingerprint density at radius 1 is 1.25 bits per heavy atom. The molecule has 2 rings (SSSR count). The molecule has 0 heterocycles. The number of rotatable bonds is 6. The van der Waals surface area contributed by atoms with E-state index in [-0.39, 0.29) is 11.9 Å². The summed E-state index contributed by atoms with van der Waals surface area (Å²) in [6, 6.07) is 0.116. The second kappa shape index (κ2) is 4.74. The van der Waals surface area contributed by atoms with Crippen LogP contribution in [0.3, 0.4) is 0 Å². The summed E-state index contributed by atoms with van der Waals surface area (Å²) < 4.78 is 0. The molecule has 2 fully saturated rings. The van der Waals surface area contributed by atoms with Gasteiger partial charge in [-0.1, -0.05) is 13.8 Å². The zero-order chi connectivity index (χ0) is 11.7. The zero-order valence-electron chi connectivity index (χ0n) is 10.4. The molecule has 3 heteroatoms. The van der Waals surface area contributed by atoms with Gasteiger partial charge in [-0.05, 0) is 49.9 Å². The second-order valence-corrected chi connectivity index (χ2v) is 5.95. The Balaban J connectivity index is 1.79. The molecule has 2 aliphatic rings. The number of carbonyl (C=O) groups excluding carboxylic acids is 1. The third-order valence-corrected chi connectivity index (χ3v) is 3.63. The summed E-state index contributed by atoms with van der Waals surface area (Å²) in [6.07, 6.45) is 5.96. The lowest BCUT2D eigenvalue weighted by atomic mass is 10.0. The maximum atomic E-state index is 11.9. The molecular formula is C13H24N2O. The highest BCUT2D eigenvalue weighted by Gasteiger charge is 2.42. The van der Waals surface area contributed by atoms with Crippen LogP contribution in [0.5, 0.6) is 0 Å². The van der Waals surface area contributed by atoms with E-state index in [9.17, 15) is 4.79 Å². The van der Waals surface area contributed by atoms with Crippen molar-refractivity contribution in [2.24, 2.45) is 23.5 Å². The van der Waals surface area contributed by atoms with Crippen molar-refractivity contribution in [1.29, 1.82) is 0 Å². The van der Waals surface area contributed by atoms with Crippen molar-refractivity contribution in [2.75, 3.05) is 0 Å². The van der Waals surface area contributed by atoms with E-state index in [0.717, 1.165) is 18.3 Å². The first-order chi connectivity index (χ1) is 7.58. The van der Waals surface area contributed by atoms with Crippen LogP contribution in [0.4, 0.5) is 0 Å². The molecule has 0 aromatic rings. The molecule has 0 aliphatic heterocycles. The molecule has 0 saturated heterocycles. The summed E-state index contributed by atoms with van der Waals surface area (Å²) in [6.45, 7) is 4.21. The van der Waals surface area contributed by atoms with Crippen LogP contribution in [-0.2, 0) is 4.79 Å². The molecule has 0 radical (unpaired) electrons. The lowest BCUT2D eigenvalue weighted by Gasteiger charge is -2.21. The fraction of sp³-hybridized carbons (Fsp3) is 0.923. The van der Waals surface area contributed by atoms with Crippen molar-refractivity contribution in [2.45, 2.75) is 58.0 Å². The SMILES string of the molecule is CC(C)C[C@H](N)C(=O)NC(C1CC1)C1CC1. The highest BCUT2D eigenvalue weighted by atomic mass is 16.2. The first-order valence-corrected chi connectivity index (χ1v) is 6.64. The molecule has 0 aromatic carbocycles. The Bertz CT molecular complexity index is 245. The number of hydrogen-bond acceptors (Lipinski definition) is 2. The Hall–Kier alpha value is -0.570. The fourth-order valence-corrected chi connectivity index (χ4v) is 2.42. The van der Waals surface area contributed by atoms with E-state index in [1.165, 1.54) is 25.7 Å². The molecule has 0 aromatic heterocycles. The summed E-state index contributed by atoms with van der Waals surface area (Å²) >= 11 is 0. The first-order valence-electron chi connectivity index (χ1n) is 6.64.